The van der Waals surface area contributed by atoms with Crippen molar-refractivity contribution in [3.63, 3.8) is 0 Å². The molecule has 3 rings (SSSR count). The zero-order valence-electron chi connectivity index (χ0n) is 14.1. The molecule has 0 saturated carbocycles. The summed E-state index contributed by atoms with van der Waals surface area (Å²) in [6.07, 6.45) is 3.45. The lowest BCUT2D eigenvalue weighted by molar-refractivity contribution is -0.180. The molecule has 2 aliphatic rings. The fourth-order valence-corrected chi connectivity index (χ4v) is 3.00. The summed E-state index contributed by atoms with van der Waals surface area (Å²) < 4.78 is 11.7. The SMILES string of the molecule is CCCCN1CNC=C1C(O)c1cccc2c1OC(C)(C)OC2. The Morgan fingerprint density at radius 1 is 1.39 bits per heavy atom. The van der Waals surface area contributed by atoms with Crippen LogP contribution in [0.15, 0.2) is 30.1 Å². The van der Waals surface area contributed by atoms with Gasteiger partial charge in [-0.1, -0.05) is 31.5 Å². The van der Waals surface area contributed by atoms with Gasteiger partial charge < -0.3 is 24.8 Å². The molecule has 0 fully saturated rings. The summed E-state index contributed by atoms with van der Waals surface area (Å²) in [6, 6.07) is 5.86. The van der Waals surface area contributed by atoms with E-state index in [2.05, 4.69) is 17.1 Å². The van der Waals surface area contributed by atoms with Gasteiger partial charge in [0.25, 0.3) is 0 Å². The molecule has 23 heavy (non-hydrogen) atoms. The fourth-order valence-electron chi connectivity index (χ4n) is 3.00. The van der Waals surface area contributed by atoms with Gasteiger partial charge in [0.05, 0.1) is 19.0 Å². The van der Waals surface area contributed by atoms with E-state index < -0.39 is 11.9 Å². The van der Waals surface area contributed by atoms with Crippen LogP contribution in [0.5, 0.6) is 5.75 Å². The molecule has 0 bridgehead atoms. The second-order valence-corrected chi connectivity index (χ2v) is 6.58. The van der Waals surface area contributed by atoms with Crippen LogP contribution in [0.25, 0.3) is 0 Å². The van der Waals surface area contributed by atoms with E-state index in [0.29, 0.717) is 6.61 Å². The quantitative estimate of drug-likeness (QED) is 0.874. The van der Waals surface area contributed by atoms with Crippen molar-refractivity contribution in [1.82, 2.24) is 10.2 Å². The van der Waals surface area contributed by atoms with Crippen molar-refractivity contribution in [1.29, 1.82) is 0 Å². The third kappa shape index (κ3) is 3.31. The standard InChI is InChI=1S/C18H26N2O3/c1-4-5-9-20-12-19-10-15(20)16(21)14-8-6-7-13-11-22-18(2,3)23-17(13)14/h6-8,10,16,19,21H,4-5,9,11-12H2,1-3H3. The number of fused-ring (bicyclic) bond motifs is 1. The van der Waals surface area contributed by atoms with Gasteiger partial charge in [-0.05, 0) is 6.42 Å². The third-order valence-electron chi connectivity index (χ3n) is 4.30. The summed E-state index contributed by atoms with van der Waals surface area (Å²) in [6.45, 7) is 8.15. The number of hydrogen-bond donors (Lipinski definition) is 2. The maximum atomic E-state index is 10.9. The summed E-state index contributed by atoms with van der Waals surface area (Å²) in [7, 11) is 0. The minimum Gasteiger partial charge on any atom is -0.462 e. The minimum atomic E-state index is -0.703. The predicted molar refractivity (Wildman–Crippen MR) is 88.6 cm³/mol. The number of aliphatic hydroxyl groups is 1. The summed E-state index contributed by atoms with van der Waals surface area (Å²) in [5, 5.41) is 14.2. The zero-order chi connectivity index (χ0) is 16.4. The van der Waals surface area contributed by atoms with Crippen molar-refractivity contribution < 1.29 is 14.6 Å². The Morgan fingerprint density at radius 3 is 3.00 bits per heavy atom. The molecule has 0 radical (unpaired) electrons. The van der Waals surface area contributed by atoms with Crippen molar-refractivity contribution in [2.45, 2.75) is 52.1 Å². The van der Waals surface area contributed by atoms with Gasteiger partial charge in [-0.15, -0.1) is 0 Å². The molecular formula is C18H26N2O3. The normalized spacial score (nSPS) is 20.3. The zero-order valence-corrected chi connectivity index (χ0v) is 14.1. The number of nitrogens with one attached hydrogen (secondary N) is 1. The topological polar surface area (TPSA) is 54.0 Å². The van der Waals surface area contributed by atoms with Crippen molar-refractivity contribution in [2.24, 2.45) is 0 Å². The molecule has 2 aliphatic heterocycles. The molecule has 2 N–H and O–H groups in total. The first-order valence-electron chi connectivity index (χ1n) is 8.33. The van der Waals surface area contributed by atoms with Gasteiger partial charge in [0.2, 0.25) is 5.79 Å². The first kappa shape index (κ1) is 16.1. The van der Waals surface area contributed by atoms with E-state index in [0.717, 1.165) is 48.6 Å². The molecule has 126 valence electrons. The minimum absolute atomic E-state index is 0.500. The Balaban J connectivity index is 1.87. The van der Waals surface area contributed by atoms with Crippen LogP contribution in [0, 0.1) is 0 Å². The third-order valence-corrected chi connectivity index (χ3v) is 4.30. The van der Waals surface area contributed by atoms with Crippen LogP contribution < -0.4 is 10.1 Å². The van der Waals surface area contributed by atoms with E-state index in [1.54, 1.807) is 0 Å². The van der Waals surface area contributed by atoms with E-state index in [-0.39, 0.29) is 0 Å². The Bertz CT molecular complexity index is 598. The van der Waals surface area contributed by atoms with Gasteiger partial charge >= 0.3 is 0 Å². The molecule has 0 spiro atoms. The number of hydrogen-bond acceptors (Lipinski definition) is 5. The summed E-state index contributed by atoms with van der Waals surface area (Å²) >= 11 is 0. The molecule has 2 heterocycles. The van der Waals surface area contributed by atoms with Crippen LogP contribution in [0.3, 0.4) is 0 Å². The molecule has 0 amide bonds. The molecule has 1 unspecified atom stereocenters. The second-order valence-electron chi connectivity index (χ2n) is 6.58. The Labute approximate surface area is 137 Å². The monoisotopic (exact) mass is 318 g/mol. The van der Waals surface area contributed by atoms with E-state index in [9.17, 15) is 5.11 Å². The highest BCUT2D eigenvalue weighted by atomic mass is 16.7. The molecular weight excluding hydrogens is 292 g/mol. The van der Waals surface area contributed by atoms with Crippen molar-refractivity contribution in [3.05, 3.63) is 41.2 Å². The molecule has 1 atom stereocenters. The van der Waals surface area contributed by atoms with Gasteiger partial charge in [-0.25, -0.2) is 0 Å². The number of benzene rings is 1. The smallest absolute Gasteiger partial charge is 0.205 e. The number of nitrogens with zero attached hydrogens (tertiary/aromatic N) is 1. The Hall–Kier alpha value is -1.72. The molecule has 1 aromatic rings. The fraction of sp³-hybridized carbons (Fsp3) is 0.556. The summed E-state index contributed by atoms with van der Waals surface area (Å²) in [4.78, 5) is 2.19. The lowest BCUT2D eigenvalue weighted by atomic mass is 10.0. The maximum absolute atomic E-state index is 10.9. The van der Waals surface area contributed by atoms with Crippen LogP contribution in [0.1, 0.15) is 50.8 Å². The molecule has 0 aliphatic carbocycles. The highest BCUT2D eigenvalue weighted by molar-refractivity contribution is 5.46. The maximum Gasteiger partial charge on any atom is 0.205 e. The molecule has 5 nitrogen and oxygen atoms in total. The predicted octanol–water partition coefficient (Wildman–Crippen LogP) is 2.87. The van der Waals surface area contributed by atoms with Crippen LogP contribution in [0.4, 0.5) is 0 Å². The highest BCUT2D eigenvalue weighted by Gasteiger charge is 2.32. The van der Waals surface area contributed by atoms with Crippen molar-refractivity contribution in [3.8, 4) is 5.75 Å². The van der Waals surface area contributed by atoms with Crippen LogP contribution in [-0.4, -0.2) is 29.0 Å². The molecule has 1 aromatic carbocycles. The average molecular weight is 318 g/mol. The Morgan fingerprint density at radius 2 is 2.22 bits per heavy atom. The first-order chi connectivity index (χ1) is 11.0. The van der Waals surface area contributed by atoms with E-state index >= 15 is 0 Å². The second kappa shape index (κ2) is 6.42. The van der Waals surface area contributed by atoms with Crippen molar-refractivity contribution >= 4 is 0 Å². The first-order valence-corrected chi connectivity index (χ1v) is 8.33. The van der Waals surface area contributed by atoms with E-state index in [4.69, 9.17) is 9.47 Å². The lowest BCUT2D eigenvalue weighted by Crippen LogP contribution is -2.36. The van der Waals surface area contributed by atoms with Crippen molar-refractivity contribution in [2.75, 3.05) is 13.2 Å². The van der Waals surface area contributed by atoms with Gasteiger partial charge in [-0.2, -0.15) is 0 Å². The Kier molecular flexibility index (Phi) is 4.50. The van der Waals surface area contributed by atoms with Gasteiger partial charge in [-0.3, -0.25) is 0 Å². The average Bonchev–Trinajstić information content (AvgIpc) is 2.99. The summed E-state index contributed by atoms with van der Waals surface area (Å²) in [5.74, 6) is 0.0759. The molecule has 0 aromatic heterocycles. The lowest BCUT2D eigenvalue weighted by Gasteiger charge is -2.35. The van der Waals surface area contributed by atoms with Crippen LogP contribution >= 0.6 is 0 Å². The van der Waals surface area contributed by atoms with E-state index in [1.165, 1.54) is 0 Å². The molecule has 5 heteroatoms. The van der Waals surface area contributed by atoms with Crippen LogP contribution in [-0.2, 0) is 11.3 Å². The largest absolute Gasteiger partial charge is 0.462 e. The van der Waals surface area contributed by atoms with Gasteiger partial charge in [0.15, 0.2) is 0 Å². The highest BCUT2D eigenvalue weighted by Crippen LogP contribution is 2.39. The molecule has 0 saturated heterocycles. The van der Waals surface area contributed by atoms with Crippen LogP contribution in [0.2, 0.25) is 0 Å². The van der Waals surface area contributed by atoms with E-state index in [1.807, 2.05) is 38.2 Å². The number of rotatable bonds is 5. The number of unbranched alkanes of at least 4 members (excludes halogenated alkanes) is 1. The summed E-state index contributed by atoms with van der Waals surface area (Å²) in [5.41, 5.74) is 2.68. The van der Waals surface area contributed by atoms with Gasteiger partial charge in [0, 0.05) is 37.7 Å². The number of ether oxygens (including phenoxy) is 2. The number of para-hydroxylation sites is 1. The number of aliphatic hydroxyl groups excluding tert-OH is 1. The van der Waals surface area contributed by atoms with Gasteiger partial charge in [0.1, 0.15) is 11.9 Å².